The van der Waals surface area contributed by atoms with Crippen molar-refractivity contribution < 1.29 is 5.11 Å². The van der Waals surface area contributed by atoms with Crippen LogP contribution in [0.2, 0.25) is 0 Å². The quantitative estimate of drug-likeness (QED) is 0.833. The lowest BCUT2D eigenvalue weighted by atomic mass is 9.86. The lowest BCUT2D eigenvalue weighted by Gasteiger charge is -2.30. The van der Waals surface area contributed by atoms with Gasteiger partial charge in [-0.3, -0.25) is 0 Å². The highest BCUT2D eigenvalue weighted by Crippen LogP contribution is 2.39. The van der Waals surface area contributed by atoms with E-state index in [1.54, 1.807) is 12.3 Å². The fraction of sp³-hybridized carbons (Fsp3) is 0.538. The maximum absolute atomic E-state index is 9.46. The first-order valence-electron chi connectivity index (χ1n) is 5.91. The van der Waals surface area contributed by atoms with Crippen molar-refractivity contribution in [3.05, 3.63) is 24.0 Å². The highest BCUT2D eigenvalue weighted by Gasteiger charge is 2.38. The molecule has 1 aliphatic carbocycles. The molecule has 0 saturated heterocycles. The number of nitrogens with one attached hydrogen (secondary N) is 1. The summed E-state index contributed by atoms with van der Waals surface area (Å²) in [7, 11) is 0. The Morgan fingerprint density at radius 3 is 3.06 bits per heavy atom. The fourth-order valence-electron chi connectivity index (χ4n) is 2.41. The van der Waals surface area contributed by atoms with Crippen LogP contribution in [-0.2, 0) is 0 Å². The van der Waals surface area contributed by atoms with Gasteiger partial charge in [-0.2, -0.15) is 5.26 Å². The van der Waals surface area contributed by atoms with Gasteiger partial charge in [0.2, 0.25) is 0 Å². The molecule has 0 unspecified atom stereocenters. The Balaban J connectivity index is 2.08. The lowest BCUT2D eigenvalue weighted by Crippen LogP contribution is -2.36. The Morgan fingerprint density at radius 2 is 2.47 bits per heavy atom. The van der Waals surface area contributed by atoms with Crippen LogP contribution < -0.4 is 5.32 Å². The second-order valence-corrected chi connectivity index (χ2v) is 4.95. The average molecular weight is 231 g/mol. The van der Waals surface area contributed by atoms with Crippen LogP contribution in [0, 0.1) is 16.7 Å². The number of anilines is 1. The molecule has 17 heavy (non-hydrogen) atoms. The predicted molar refractivity (Wildman–Crippen MR) is 65.4 cm³/mol. The van der Waals surface area contributed by atoms with Crippen LogP contribution in [-0.4, -0.2) is 22.7 Å². The zero-order valence-corrected chi connectivity index (χ0v) is 9.98. The highest BCUT2D eigenvalue weighted by molar-refractivity contribution is 5.44. The van der Waals surface area contributed by atoms with Crippen LogP contribution in [0.4, 0.5) is 5.69 Å². The molecule has 1 aromatic rings. The summed E-state index contributed by atoms with van der Waals surface area (Å²) in [6, 6.07) is 5.84. The van der Waals surface area contributed by atoms with Crippen molar-refractivity contribution in [1.29, 1.82) is 5.26 Å². The molecular formula is C13H17N3O. The molecule has 2 N–H and O–H groups in total. The Morgan fingerprint density at radius 1 is 1.65 bits per heavy atom. The Bertz CT molecular complexity index is 423. The number of hydrogen-bond donors (Lipinski definition) is 2. The monoisotopic (exact) mass is 231 g/mol. The third kappa shape index (κ3) is 2.40. The van der Waals surface area contributed by atoms with Crippen molar-refractivity contribution in [3.63, 3.8) is 0 Å². The zero-order chi connectivity index (χ0) is 12.3. The smallest absolute Gasteiger partial charge is 0.140 e. The van der Waals surface area contributed by atoms with Gasteiger partial charge in [0.25, 0.3) is 0 Å². The highest BCUT2D eigenvalue weighted by atomic mass is 16.3. The van der Waals surface area contributed by atoms with E-state index in [2.05, 4.69) is 17.2 Å². The third-order valence-electron chi connectivity index (χ3n) is 3.66. The van der Waals surface area contributed by atoms with Gasteiger partial charge in [0.15, 0.2) is 0 Å². The molecule has 2 rings (SSSR count). The van der Waals surface area contributed by atoms with E-state index < -0.39 is 0 Å². The molecule has 4 nitrogen and oxygen atoms in total. The Hall–Kier alpha value is -1.60. The summed E-state index contributed by atoms with van der Waals surface area (Å²) in [6.07, 6.45) is 4.93. The summed E-state index contributed by atoms with van der Waals surface area (Å²) in [5.41, 5.74) is 1.29. The second kappa shape index (κ2) is 4.72. The van der Waals surface area contributed by atoms with Gasteiger partial charge in [0.1, 0.15) is 11.8 Å². The van der Waals surface area contributed by atoms with E-state index in [1.807, 2.05) is 12.1 Å². The summed E-state index contributed by atoms with van der Waals surface area (Å²) in [6.45, 7) is 2.31. The molecule has 1 fully saturated rings. The van der Waals surface area contributed by atoms with Crippen molar-refractivity contribution in [2.75, 3.05) is 11.9 Å². The molecular weight excluding hydrogens is 214 g/mol. The van der Waals surface area contributed by atoms with Crippen molar-refractivity contribution >= 4 is 5.69 Å². The van der Waals surface area contributed by atoms with Crippen molar-refractivity contribution in [3.8, 4) is 6.07 Å². The van der Waals surface area contributed by atoms with E-state index in [1.165, 1.54) is 0 Å². The van der Waals surface area contributed by atoms with Crippen LogP contribution in [0.5, 0.6) is 0 Å². The molecule has 0 aromatic carbocycles. The fourth-order valence-corrected chi connectivity index (χ4v) is 2.41. The summed E-state index contributed by atoms with van der Waals surface area (Å²) in [5.74, 6) is 0. The minimum atomic E-state index is -0.0477. The summed E-state index contributed by atoms with van der Waals surface area (Å²) in [4.78, 5) is 4.03. The van der Waals surface area contributed by atoms with Gasteiger partial charge < -0.3 is 10.4 Å². The van der Waals surface area contributed by atoms with E-state index in [4.69, 9.17) is 5.26 Å². The maximum atomic E-state index is 9.46. The molecule has 0 amide bonds. The van der Waals surface area contributed by atoms with Crippen LogP contribution >= 0.6 is 0 Å². The number of aliphatic hydroxyl groups is 1. The Labute approximate surface area is 101 Å². The van der Waals surface area contributed by atoms with Crippen LogP contribution in [0.25, 0.3) is 0 Å². The van der Waals surface area contributed by atoms with E-state index in [9.17, 15) is 5.11 Å². The van der Waals surface area contributed by atoms with Crippen molar-refractivity contribution in [2.45, 2.75) is 32.2 Å². The number of aliphatic hydroxyl groups excluding tert-OH is 1. The molecule has 2 atom stereocenters. The van der Waals surface area contributed by atoms with Crippen molar-refractivity contribution in [2.24, 2.45) is 5.41 Å². The normalized spacial score (nSPS) is 27.7. The number of aromatic nitrogens is 1. The first-order chi connectivity index (χ1) is 8.18. The summed E-state index contributed by atoms with van der Waals surface area (Å²) in [5, 5.41) is 21.5. The van der Waals surface area contributed by atoms with E-state index in [0.29, 0.717) is 5.69 Å². The van der Waals surface area contributed by atoms with Gasteiger partial charge in [0.05, 0.1) is 18.5 Å². The number of pyridine rings is 1. The van der Waals surface area contributed by atoms with Gasteiger partial charge in [-0.05, 0) is 25.0 Å². The largest absolute Gasteiger partial charge is 0.396 e. The van der Waals surface area contributed by atoms with Gasteiger partial charge in [-0.25, -0.2) is 4.98 Å². The predicted octanol–water partition coefficient (Wildman–Crippen LogP) is 1.92. The maximum Gasteiger partial charge on any atom is 0.140 e. The molecule has 4 heteroatoms. The van der Waals surface area contributed by atoms with Crippen LogP contribution in [0.15, 0.2) is 18.3 Å². The minimum absolute atomic E-state index is 0.0477. The van der Waals surface area contributed by atoms with Gasteiger partial charge in [-0.15, -0.1) is 0 Å². The molecule has 1 aromatic heterocycles. The molecule has 1 heterocycles. The second-order valence-electron chi connectivity index (χ2n) is 4.95. The third-order valence-corrected chi connectivity index (χ3v) is 3.66. The van der Waals surface area contributed by atoms with Crippen LogP contribution in [0.1, 0.15) is 31.9 Å². The number of nitrogens with zero attached hydrogens (tertiary/aromatic N) is 2. The standard InChI is InChI=1S/C13H17N3O/c1-13(9-17)6-2-3-12(13)16-11-5-4-10(7-14)15-8-11/h4-5,8,12,16-17H,2-3,6,9H2,1H3/t12-,13+/m0/s1. The molecule has 0 aliphatic heterocycles. The SMILES string of the molecule is C[C@]1(CO)CCC[C@@H]1Nc1ccc(C#N)nc1. The molecule has 0 bridgehead atoms. The molecule has 90 valence electrons. The number of rotatable bonds is 3. The summed E-state index contributed by atoms with van der Waals surface area (Å²) >= 11 is 0. The minimum Gasteiger partial charge on any atom is -0.396 e. The van der Waals surface area contributed by atoms with Crippen LogP contribution in [0.3, 0.4) is 0 Å². The zero-order valence-electron chi connectivity index (χ0n) is 9.98. The average Bonchev–Trinajstić information content (AvgIpc) is 2.73. The van der Waals surface area contributed by atoms with E-state index >= 15 is 0 Å². The topological polar surface area (TPSA) is 68.9 Å². The van der Waals surface area contributed by atoms with E-state index in [-0.39, 0.29) is 18.1 Å². The number of nitriles is 1. The molecule has 1 aliphatic rings. The molecule has 1 saturated carbocycles. The molecule has 0 radical (unpaired) electrons. The lowest BCUT2D eigenvalue weighted by molar-refractivity contribution is 0.139. The first kappa shape index (κ1) is 11.9. The number of hydrogen-bond acceptors (Lipinski definition) is 4. The Kier molecular flexibility index (Phi) is 3.30. The van der Waals surface area contributed by atoms with Gasteiger partial charge in [0, 0.05) is 11.5 Å². The van der Waals surface area contributed by atoms with Gasteiger partial charge in [-0.1, -0.05) is 13.3 Å². The first-order valence-corrected chi connectivity index (χ1v) is 5.91. The summed E-state index contributed by atoms with van der Waals surface area (Å²) < 4.78 is 0. The molecule has 0 spiro atoms. The van der Waals surface area contributed by atoms with E-state index in [0.717, 1.165) is 24.9 Å². The van der Waals surface area contributed by atoms with Gasteiger partial charge >= 0.3 is 0 Å². The van der Waals surface area contributed by atoms with Crippen molar-refractivity contribution in [1.82, 2.24) is 4.98 Å².